The Hall–Kier alpha value is -5.12. The van der Waals surface area contributed by atoms with E-state index in [-0.39, 0.29) is 17.7 Å². The Morgan fingerprint density at radius 1 is 0.780 bits per heavy atom. The standard InChI is InChI=1S/C34H36F3NO12/c1-6-7-13-44-32(43)27-16-24-25(34(35,36)37)14-23(22-11-9-8-10-12-22)15-26(24)38(27)50-33-31(48-21(5)42)30(47-20(4)41)29(46-19(3)40)28(49-33)17-45-18(2)39/h8-12,14-16,28-31,33H,6-7,13,17H2,1-5H3/t28-,29-,30+,31-,33+/m1/s1. The van der Waals surface area contributed by atoms with Crippen LogP contribution in [-0.4, -0.2) is 78.5 Å². The van der Waals surface area contributed by atoms with Crippen molar-refractivity contribution in [3.8, 4) is 11.1 Å². The molecule has 0 aliphatic carbocycles. The van der Waals surface area contributed by atoms with Crippen molar-refractivity contribution in [3.05, 3.63) is 59.8 Å². The maximum Gasteiger partial charge on any atom is 0.417 e. The molecule has 4 rings (SSSR count). The van der Waals surface area contributed by atoms with Crippen LogP contribution in [0.4, 0.5) is 13.2 Å². The topological polar surface area (TPSA) is 155 Å². The van der Waals surface area contributed by atoms with E-state index in [1.807, 2.05) is 6.92 Å². The molecule has 50 heavy (non-hydrogen) atoms. The van der Waals surface area contributed by atoms with Gasteiger partial charge in [-0.25, -0.2) is 4.79 Å². The molecule has 2 heterocycles. The number of hydrogen-bond donors (Lipinski definition) is 0. The maximum atomic E-state index is 14.6. The molecule has 0 amide bonds. The average Bonchev–Trinajstić information content (AvgIpc) is 3.39. The van der Waals surface area contributed by atoms with Crippen molar-refractivity contribution in [2.75, 3.05) is 13.2 Å². The summed E-state index contributed by atoms with van der Waals surface area (Å²) < 4.78 is 77.3. The summed E-state index contributed by atoms with van der Waals surface area (Å²) in [7, 11) is 0. The molecule has 0 bridgehead atoms. The fourth-order valence-electron chi connectivity index (χ4n) is 5.33. The molecule has 5 atom stereocenters. The molecule has 0 saturated carbocycles. The van der Waals surface area contributed by atoms with Crippen LogP contribution in [0.5, 0.6) is 0 Å². The third kappa shape index (κ3) is 9.11. The molecule has 0 N–H and O–H groups in total. The van der Waals surface area contributed by atoms with Crippen molar-refractivity contribution in [1.82, 2.24) is 4.73 Å². The van der Waals surface area contributed by atoms with Gasteiger partial charge in [0.05, 0.1) is 17.7 Å². The Bertz CT molecular complexity index is 1720. The van der Waals surface area contributed by atoms with Crippen molar-refractivity contribution >= 4 is 40.7 Å². The highest BCUT2D eigenvalue weighted by molar-refractivity contribution is 5.98. The maximum absolute atomic E-state index is 14.6. The van der Waals surface area contributed by atoms with Crippen molar-refractivity contribution in [3.63, 3.8) is 0 Å². The largest absolute Gasteiger partial charge is 0.463 e. The molecule has 1 aliphatic heterocycles. The van der Waals surface area contributed by atoms with E-state index in [0.717, 1.165) is 44.6 Å². The summed E-state index contributed by atoms with van der Waals surface area (Å²) in [6.07, 6.45) is -12.0. The van der Waals surface area contributed by atoms with Gasteiger partial charge in [-0.1, -0.05) is 43.7 Å². The number of ether oxygens (including phenoxy) is 6. The van der Waals surface area contributed by atoms with E-state index in [1.165, 1.54) is 6.07 Å². The van der Waals surface area contributed by atoms with Crippen molar-refractivity contribution < 1.29 is 70.4 Å². The van der Waals surface area contributed by atoms with Gasteiger partial charge in [-0.3, -0.25) is 19.2 Å². The van der Waals surface area contributed by atoms with Crippen LogP contribution in [0.25, 0.3) is 22.0 Å². The number of esters is 5. The second kappa shape index (κ2) is 16.1. The molecule has 1 saturated heterocycles. The molecular weight excluding hydrogens is 671 g/mol. The fraction of sp³-hybridized carbons (Fsp3) is 0.441. The van der Waals surface area contributed by atoms with Crippen LogP contribution in [0.15, 0.2) is 48.5 Å². The molecule has 16 heteroatoms. The van der Waals surface area contributed by atoms with Gasteiger partial charge in [0.2, 0.25) is 6.10 Å². The van der Waals surface area contributed by atoms with Crippen LogP contribution in [0.2, 0.25) is 0 Å². The van der Waals surface area contributed by atoms with Gasteiger partial charge in [0.15, 0.2) is 17.9 Å². The highest BCUT2D eigenvalue weighted by Gasteiger charge is 2.54. The van der Waals surface area contributed by atoms with Gasteiger partial charge >= 0.3 is 36.0 Å². The lowest BCUT2D eigenvalue weighted by Gasteiger charge is -2.43. The Balaban J connectivity index is 1.96. The number of alkyl halides is 3. The second-order valence-corrected chi connectivity index (χ2v) is 11.3. The number of rotatable bonds is 12. The van der Waals surface area contributed by atoms with E-state index in [2.05, 4.69) is 0 Å². The SMILES string of the molecule is CCCCOC(=O)c1cc2c(C(F)(F)F)cc(-c3ccccc3)cc2n1O[C@@H]1O[C@H](COC(C)=O)[C@@H](OC(C)=O)[C@H](OC(C)=O)[C@H]1OC(C)=O. The van der Waals surface area contributed by atoms with E-state index in [0.29, 0.717) is 18.4 Å². The van der Waals surface area contributed by atoms with Gasteiger partial charge in [0.25, 0.3) is 6.29 Å². The molecule has 1 aliphatic rings. The number of benzene rings is 2. The number of aromatic nitrogens is 1. The smallest absolute Gasteiger partial charge is 0.417 e. The number of halogens is 3. The zero-order chi connectivity index (χ0) is 36.7. The number of hydrogen-bond acceptors (Lipinski definition) is 12. The molecule has 1 fully saturated rings. The summed E-state index contributed by atoms with van der Waals surface area (Å²) in [5.74, 6) is -4.53. The Morgan fingerprint density at radius 3 is 1.98 bits per heavy atom. The Morgan fingerprint density at radius 2 is 1.40 bits per heavy atom. The number of fused-ring (bicyclic) bond motifs is 1. The van der Waals surface area contributed by atoms with Crippen molar-refractivity contribution in [2.45, 2.75) is 84.3 Å². The first-order chi connectivity index (χ1) is 23.6. The summed E-state index contributed by atoms with van der Waals surface area (Å²) in [4.78, 5) is 68.0. The summed E-state index contributed by atoms with van der Waals surface area (Å²) >= 11 is 0. The lowest BCUT2D eigenvalue weighted by Crippen LogP contribution is -2.64. The summed E-state index contributed by atoms with van der Waals surface area (Å²) in [5.41, 5.74) is -1.32. The van der Waals surface area contributed by atoms with Gasteiger partial charge in [-0.05, 0) is 35.7 Å². The fourth-order valence-corrected chi connectivity index (χ4v) is 5.33. The van der Waals surface area contributed by atoms with Gasteiger partial charge in [-0.15, -0.1) is 0 Å². The van der Waals surface area contributed by atoms with Gasteiger partial charge in [-0.2, -0.15) is 17.9 Å². The van der Waals surface area contributed by atoms with Gasteiger partial charge in [0, 0.05) is 33.1 Å². The predicted octanol–water partition coefficient (Wildman–Crippen LogP) is 4.80. The van der Waals surface area contributed by atoms with E-state index in [9.17, 15) is 37.1 Å². The highest BCUT2D eigenvalue weighted by atomic mass is 19.4. The highest BCUT2D eigenvalue weighted by Crippen LogP contribution is 2.40. The summed E-state index contributed by atoms with van der Waals surface area (Å²) in [6.45, 7) is 5.37. The first kappa shape index (κ1) is 37.7. The Labute approximate surface area is 284 Å². The molecule has 0 unspecified atom stereocenters. The molecule has 1 aromatic heterocycles. The third-order valence-electron chi connectivity index (χ3n) is 7.39. The number of carbonyl (C=O) groups is 5. The summed E-state index contributed by atoms with van der Waals surface area (Å²) in [5, 5.41) is -0.440. The second-order valence-electron chi connectivity index (χ2n) is 11.3. The first-order valence-corrected chi connectivity index (χ1v) is 15.6. The monoisotopic (exact) mass is 707 g/mol. The number of carbonyl (C=O) groups excluding carboxylic acids is 5. The molecule has 0 spiro atoms. The summed E-state index contributed by atoms with van der Waals surface area (Å²) in [6, 6.07) is 11.4. The zero-order valence-electron chi connectivity index (χ0n) is 27.8. The van der Waals surface area contributed by atoms with Crippen LogP contribution < -0.4 is 4.84 Å². The van der Waals surface area contributed by atoms with Crippen LogP contribution in [0.3, 0.4) is 0 Å². The van der Waals surface area contributed by atoms with Crippen LogP contribution in [0, 0.1) is 0 Å². The van der Waals surface area contributed by atoms with Crippen LogP contribution in [0.1, 0.15) is 63.5 Å². The lowest BCUT2D eigenvalue weighted by atomic mass is 9.98. The van der Waals surface area contributed by atoms with Crippen molar-refractivity contribution in [1.29, 1.82) is 0 Å². The van der Waals surface area contributed by atoms with E-state index in [1.54, 1.807) is 30.3 Å². The molecular formula is C34H36F3NO12. The molecule has 270 valence electrons. The minimum Gasteiger partial charge on any atom is -0.463 e. The van der Waals surface area contributed by atoms with Gasteiger partial charge in [0.1, 0.15) is 12.7 Å². The molecule has 0 radical (unpaired) electrons. The molecule has 13 nitrogen and oxygen atoms in total. The number of nitrogens with zero attached hydrogens (tertiary/aromatic N) is 1. The number of unbranched alkanes of at least 4 members (excludes halogenated alkanes) is 1. The molecule has 3 aromatic rings. The predicted molar refractivity (Wildman–Crippen MR) is 166 cm³/mol. The van der Waals surface area contributed by atoms with Crippen LogP contribution in [-0.2, 0) is 53.8 Å². The normalized spacial score (nSPS) is 20.4. The minimum atomic E-state index is -4.90. The average molecular weight is 708 g/mol. The first-order valence-electron chi connectivity index (χ1n) is 15.6. The Kier molecular flexibility index (Phi) is 12.1. The quantitative estimate of drug-likeness (QED) is 0.144. The van der Waals surface area contributed by atoms with E-state index >= 15 is 0 Å². The molecule has 2 aromatic carbocycles. The minimum absolute atomic E-state index is 0.0582. The lowest BCUT2D eigenvalue weighted by molar-refractivity contribution is -0.306. The van der Waals surface area contributed by atoms with E-state index in [4.69, 9.17) is 33.3 Å². The van der Waals surface area contributed by atoms with Crippen molar-refractivity contribution in [2.24, 2.45) is 0 Å². The van der Waals surface area contributed by atoms with Gasteiger partial charge < -0.3 is 33.3 Å². The zero-order valence-corrected chi connectivity index (χ0v) is 27.8. The van der Waals surface area contributed by atoms with Crippen LogP contribution >= 0.6 is 0 Å². The third-order valence-corrected chi connectivity index (χ3v) is 7.39. The van der Waals surface area contributed by atoms with E-state index < -0.39 is 90.0 Å².